The minimum absolute atomic E-state index is 0.0315. The number of hydrogen-bond acceptors (Lipinski definition) is 6. The number of nitrogens with zero attached hydrogens (tertiary/aromatic N) is 2. The van der Waals surface area contributed by atoms with Crippen molar-refractivity contribution >= 4 is 45.3 Å². The monoisotopic (exact) mass is 531 g/mol. The first-order valence-electron chi connectivity index (χ1n) is 9.66. The molecule has 0 heterocycles. The molecule has 0 bridgehead atoms. The summed E-state index contributed by atoms with van der Waals surface area (Å²) < 4.78 is 12.0. The molecule has 8 nitrogen and oxygen atoms in total. The van der Waals surface area contributed by atoms with Crippen molar-refractivity contribution in [3.05, 3.63) is 97.0 Å². The number of hydrazone groups is 1. The molecule has 0 spiro atoms. The number of nitro benzene ring substituents is 1. The van der Waals surface area contributed by atoms with Gasteiger partial charge in [-0.3, -0.25) is 14.9 Å². The third-order valence-electron chi connectivity index (χ3n) is 4.50. The van der Waals surface area contributed by atoms with Gasteiger partial charge in [-0.2, -0.15) is 5.10 Å². The summed E-state index contributed by atoms with van der Waals surface area (Å²) in [6.45, 7) is 0.265. The molecule has 3 rings (SSSR count). The highest BCUT2D eigenvalue weighted by Gasteiger charge is 2.13. The highest BCUT2D eigenvalue weighted by Crippen LogP contribution is 2.37. The number of ether oxygens (including phenoxy) is 2. The summed E-state index contributed by atoms with van der Waals surface area (Å²) in [4.78, 5) is 22.3. The molecule has 0 fully saturated rings. The number of non-ortho nitro benzene ring substituents is 1. The van der Waals surface area contributed by atoms with Crippen molar-refractivity contribution in [2.45, 2.75) is 13.0 Å². The molecule has 0 radical (unpaired) electrons. The average Bonchev–Trinajstić information content (AvgIpc) is 2.79. The Morgan fingerprint density at radius 3 is 2.61 bits per heavy atom. The number of amides is 1. The topological polar surface area (TPSA) is 103 Å². The standard InChI is InChI=1S/C23H19BrClN3O5/c1-32-21-11-16(10-19(24)23(21)33-14-17-4-2-3-5-20(17)25)13-26-27-22(29)12-15-6-8-18(9-7-15)28(30)31/h2-11,13H,12,14H2,1H3,(H,27,29)/b26-13-. The fourth-order valence-corrected chi connectivity index (χ4v) is 3.62. The quantitative estimate of drug-likeness (QED) is 0.229. The second-order valence-corrected chi connectivity index (χ2v) is 8.07. The van der Waals surface area contributed by atoms with Gasteiger partial charge in [-0.05, 0) is 45.3 Å². The van der Waals surface area contributed by atoms with Crippen molar-refractivity contribution in [2.75, 3.05) is 7.11 Å². The van der Waals surface area contributed by atoms with Crippen molar-refractivity contribution in [3.63, 3.8) is 0 Å². The van der Waals surface area contributed by atoms with Crippen LogP contribution in [0.2, 0.25) is 5.02 Å². The van der Waals surface area contributed by atoms with E-state index in [-0.39, 0.29) is 24.6 Å². The van der Waals surface area contributed by atoms with Crippen LogP contribution in [0.15, 0.2) is 70.2 Å². The van der Waals surface area contributed by atoms with E-state index < -0.39 is 4.92 Å². The first kappa shape index (κ1) is 24.2. The zero-order valence-corrected chi connectivity index (χ0v) is 19.8. The Labute approximate surface area is 203 Å². The fourth-order valence-electron chi connectivity index (χ4n) is 2.86. The predicted octanol–water partition coefficient (Wildman–Crippen LogP) is 5.29. The summed E-state index contributed by atoms with van der Waals surface area (Å²) in [6.07, 6.45) is 1.51. The lowest BCUT2D eigenvalue weighted by molar-refractivity contribution is -0.384. The van der Waals surface area contributed by atoms with Crippen molar-refractivity contribution in [2.24, 2.45) is 5.10 Å². The lowest BCUT2D eigenvalue weighted by Crippen LogP contribution is -2.19. The summed E-state index contributed by atoms with van der Waals surface area (Å²) in [5, 5.41) is 15.3. The minimum Gasteiger partial charge on any atom is -0.493 e. The van der Waals surface area contributed by atoms with E-state index in [4.69, 9.17) is 21.1 Å². The van der Waals surface area contributed by atoms with Gasteiger partial charge in [-0.25, -0.2) is 5.43 Å². The van der Waals surface area contributed by atoms with Gasteiger partial charge in [-0.15, -0.1) is 0 Å². The molecule has 0 unspecified atom stereocenters. The maximum Gasteiger partial charge on any atom is 0.269 e. The number of nitrogens with one attached hydrogen (secondary N) is 1. The maximum absolute atomic E-state index is 12.1. The number of methoxy groups -OCH3 is 1. The normalized spacial score (nSPS) is 10.8. The van der Waals surface area contributed by atoms with Crippen LogP contribution in [0.3, 0.4) is 0 Å². The predicted molar refractivity (Wildman–Crippen MR) is 129 cm³/mol. The van der Waals surface area contributed by atoms with Gasteiger partial charge >= 0.3 is 0 Å². The molecule has 1 amide bonds. The zero-order chi connectivity index (χ0) is 23.8. The number of carbonyl (C=O) groups excluding carboxylic acids is 1. The summed E-state index contributed by atoms with van der Waals surface area (Å²) in [6, 6.07) is 16.7. The molecular weight excluding hydrogens is 514 g/mol. The van der Waals surface area contributed by atoms with E-state index in [1.54, 1.807) is 18.2 Å². The fraction of sp³-hybridized carbons (Fsp3) is 0.130. The van der Waals surface area contributed by atoms with Crippen molar-refractivity contribution in [1.29, 1.82) is 0 Å². The number of benzene rings is 3. The maximum atomic E-state index is 12.1. The molecule has 0 saturated heterocycles. The van der Waals surface area contributed by atoms with Gasteiger partial charge in [0.1, 0.15) is 6.61 Å². The van der Waals surface area contributed by atoms with Crippen LogP contribution in [-0.4, -0.2) is 24.2 Å². The Balaban J connectivity index is 1.62. The van der Waals surface area contributed by atoms with Gasteiger partial charge in [0.25, 0.3) is 5.69 Å². The zero-order valence-electron chi connectivity index (χ0n) is 17.5. The third-order valence-corrected chi connectivity index (χ3v) is 5.45. The first-order chi connectivity index (χ1) is 15.9. The van der Waals surface area contributed by atoms with E-state index in [0.717, 1.165) is 5.56 Å². The molecule has 0 saturated carbocycles. The largest absolute Gasteiger partial charge is 0.493 e. The van der Waals surface area contributed by atoms with Crippen molar-refractivity contribution < 1.29 is 19.2 Å². The third kappa shape index (κ3) is 6.77. The molecule has 10 heteroatoms. The number of carbonyl (C=O) groups is 1. The molecule has 3 aromatic carbocycles. The molecule has 0 aliphatic heterocycles. The van der Waals surface area contributed by atoms with Crippen LogP contribution in [0.25, 0.3) is 0 Å². The molecule has 33 heavy (non-hydrogen) atoms. The minimum atomic E-state index is -0.492. The summed E-state index contributed by atoms with van der Waals surface area (Å²) in [5.41, 5.74) is 4.55. The molecule has 170 valence electrons. The molecule has 0 aromatic heterocycles. The number of halogens is 2. The van der Waals surface area contributed by atoms with Gasteiger partial charge in [0.05, 0.1) is 29.1 Å². The number of hydrogen-bond donors (Lipinski definition) is 1. The molecule has 1 N–H and O–H groups in total. The first-order valence-corrected chi connectivity index (χ1v) is 10.8. The molecule has 0 aliphatic carbocycles. The number of nitro groups is 1. The van der Waals surface area contributed by atoms with E-state index in [9.17, 15) is 14.9 Å². The molecule has 3 aromatic rings. The van der Waals surface area contributed by atoms with E-state index in [1.807, 2.05) is 18.2 Å². The molecular formula is C23H19BrClN3O5. The lowest BCUT2D eigenvalue weighted by atomic mass is 10.1. The van der Waals surface area contributed by atoms with E-state index in [1.165, 1.54) is 37.6 Å². The van der Waals surface area contributed by atoms with E-state index >= 15 is 0 Å². The Kier molecular flexibility index (Phi) is 8.39. The number of rotatable bonds is 9. The van der Waals surface area contributed by atoms with Crippen LogP contribution in [0, 0.1) is 10.1 Å². The summed E-state index contributed by atoms with van der Waals surface area (Å²) >= 11 is 9.66. The van der Waals surface area contributed by atoms with Crippen LogP contribution >= 0.6 is 27.5 Å². The van der Waals surface area contributed by atoms with Crippen LogP contribution in [0.4, 0.5) is 5.69 Å². The van der Waals surface area contributed by atoms with Crippen LogP contribution in [-0.2, 0) is 17.8 Å². The van der Waals surface area contributed by atoms with Gasteiger partial charge < -0.3 is 9.47 Å². The van der Waals surface area contributed by atoms with Crippen LogP contribution < -0.4 is 14.9 Å². The Hall–Kier alpha value is -3.43. The van der Waals surface area contributed by atoms with Gasteiger partial charge in [0.15, 0.2) is 11.5 Å². The average molecular weight is 533 g/mol. The van der Waals surface area contributed by atoms with Crippen LogP contribution in [0.1, 0.15) is 16.7 Å². The highest BCUT2D eigenvalue weighted by atomic mass is 79.9. The van der Waals surface area contributed by atoms with Gasteiger partial charge in [-0.1, -0.05) is 41.9 Å². The van der Waals surface area contributed by atoms with E-state index in [2.05, 4.69) is 26.5 Å². The van der Waals surface area contributed by atoms with E-state index in [0.29, 0.717) is 32.1 Å². The van der Waals surface area contributed by atoms with Gasteiger partial charge in [0, 0.05) is 22.7 Å². The smallest absolute Gasteiger partial charge is 0.269 e. The Morgan fingerprint density at radius 1 is 1.21 bits per heavy atom. The Bertz CT molecular complexity index is 1190. The SMILES string of the molecule is COc1cc(/C=N\NC(=O)Cc2ccc([N+](=O)[O-])cc2)cc(Br)c1OCc1ccccc1Cl. The van der Waals surface area contributed by atoms with Crippen LogP contribution in [0.5, 0.6) is 11.5 Å². The summed E-state index contributed by atoms with van der Waals surface area (Å²) in [7, 11) is 1.52. The summed E-state index contributed by atoms with van der Waals surface area (Å²) in [5.74, 6) is 0.637. The van der Waals surface area contributed by atoms with Crippen molar-refractivity contribution in [3.8, 4) is 11.5 Å². The molecule has 0 aliphatic rings. The second-order valence-electron chi connectivity index (χ2n) is 6.81. The molecule has 0 atom stereocenters. The lowest BCUT2D eigenvalue weighted by Gasteiger charge is -2.14. The van der Waals surface area contributed by atoms with Crippen molar-refractivity contribution in [1.82, 2.24) is 5.43 Å². The highest BCUT2D eigenvalue weighted by molar-refractivity contribution is 9.10. The van der Waals surface area contributed by atoms with Gasteiger partial charge in [0.2, 0.25) is 5.91 Å². The Morgan fingerprint density at radius 2 is 1.94 bits per heavy atom. The second kappa shape index (κ2) is 11.4.